The fourth-order valence-electron chi connectivity index (χ4n) is 2.22. The highest BCUT2D eigenvalue weighted by Crippen LogP contribution is 2.38. The molecule has 0 atom stereocenters. The lowest BCUT2D eigenvalue weighted by Crippen LogP contribution is -2.30. The molecule has 1 aromatic heterocycles. The monoisotopic (exact) mass is 342 g/mol. The number of nitrogens with one attached hydrogen (secondary N) is 1. The first kappa shape index (κ1) is 15.1. The number of aromatic nitrogens is 2. The van der Waals surface area contributed by atoms with Gasteiger partial charge in [0.05, 0.1) is 5.69 Å². The number of nitrogens with zero attached hydrogens (tertiary/aromatic N) is 3. The first-order valence-corrected chi connectivity index (χ1v) is 7.73. The van der Waals surface area contributed by atoms with Crippen LogP contribution in [0, 0.1) is 5.82 Å². The molecule has 3 rings (SSSR count). The predicted molar refractivity (Wildman–Crippen MR) is 76.3 cm³/mol. The summed E-state index contributed by atoms with van der Waals surface area (Å²) in [7, 11) is -2.84. The third-order valence-corrected chi connectivity index (χ3v) is 4.67. The minimum atomic E-state index is -4.28. The van der Waals surface area contributed by atoms with Crippen LogP contribution in [0.3, 0.4) is 0 Å². The topological polar surface area (TPSA) is 125 Å². The van der Waals surface area contributed by atoms with E-state index in [4.69, 9.17) is 0 Å². The molecule has 2 aromatic rings. The van der Waals surface area contributed by atoms with Gasteiger partial charge in [0.25, 0.3) is 5.91 Å². The number of hydrogen-bond acceptors (Lipinski definition) is 6. The van der Waals surface area contributed by atoms with Gasteiger partial charge in [-0.25, -0.2) is 18.1 Å². The molecule has 0 bridgehead atoms. The van der Waals surface area contributed by atoms with Crippen LogP contribution in [0.15, 0.2) is 18.2 Å². The van der Waals surface area contributed by atoms with Gasteiger partial charge < -0.3 is 10.2 Å². The molecule has 122 valence electrons. The van der Waals surface area contributed by atoms with Gasteiger partial charge in [-0.15, -0.1) is 0 Å². The van der Waals surface area contributed by atoms with Crippen molar-refractivity contribution in [3.8, 4) is 22.9 Å². The highest BCUT2D eigenvalue weighted by molar-refractivity contribution is 7.92. The summed E-state index contributed by atoms with van der Waals surface area (Å²) in [5.41, 5.74) is -0.756. The van der Waals surface area contributed by atoms with Crippen LogP contribution in [0.5, 0.6) is 11.6 Å². The molecule has 0 spiro atoms. The number of rotatable bonds is 2. The molecule has 1 aliphatic rings. The van der Waals surface area contributed by atoms with Crippen LogP contribution >= 0.6 is 0 Å². The Labute approximate surface area is 129 Å². The summed E-state index contributed by atoms with van der Waals surface area (Å²) < 4.78 is 41.6. The number of hydrogen-bond donors (Lipinski definition) is 3. The summed E-state index contributed by atoms with van der Waals surface area (Å²) >= 11 is 0. The molecule has 0 unspecified atom stereocenters. The molecular formula is C12H11FN4O5S. The Morgan fingerprint density at radius 1 is 1.35 bits per heavy atom. The minimum absolute atomic E-state index is 0.0413. The second-order valence-corrected chi connectivity index (χ2v) is 6.44. The zero-order valence-corrected chi connectivity index (χ0v) is 12.5. The zero-order valence-electron chi connectivity index (χ0n) is 11.7. The van der Waals surface area contributed by atoms with E-state index in [1.165, 1.54) is 19.2 Å². The SMILES string of the molecule is Cn1nc(-c2ccc(O)c(N3CC(=O)NS3(=O)=O)c2F)cc1O. The lowest BCUT2D eigenvalue weighted by atomic mass is 10.1. The number of phenols is 1. The molecule has 23 heavy (non-hydrogen) atoms. The van der Waals surface area contributed by atoms with E-state index >= 15 is 0 Å². The van der Waals surface area contributed by atoms with E-state index in [-0.39, 0.29) is 17.1 Å². The number of amides is 1. The summed E-state index contributed by atoms with van der Waals surface area (Å²) in [5, 5.41) is 23.2. The number of halogens is 1. The van der Waals surface area contributed by atoms with Crippen LogP contribution < -0.4 is 9.03 Å². The van der Waals surface area contributed by atoms with E-state index in [0.717, 1.165) is 10.7 Å². The fourth-order valence-corrected chi connectivity index (χ4v) is 3.39. The predicted octanol–water partition coefficient (Wildman–Crippen LogP) is -0.182. The lowest BCUT2D eigenvalue weighted by molar-refractivity contribution is -0.117. The first-order chi connectivity index (χ1) is 10.7. The van der Waals surface area contributed by atoms with Crippen molar-refractivity contribution >= 4 is 21.8 Å². The van der Waals surface area contributed by atoms with E-state index in [1.807, 2.05) is 0 Å². The Morgan fingerprint density at radius 3 is 2.57 bits per heavy atom. The Balaban J connectivity index is 2.19. The molecular weight excluding hydrogens is 331 g/mol. The van der Waals surface area contributed by atoms with Crippen LogP contribution in [0.1, 0.15) is 0 Å². The summed E-state index contributed by atoms with van der Waals surface area (Å²) in [6.07, 6.45) is 0. The first-order valence-electron chi connectivity index (χ1n) is 6.29. The number of aromatic hydroxyl groups is 2. The van der Waals surface area contributed by atoms with Gasteiger partial charge in [0.1, 0.15) is 18.0 Å². The number of benzene rings is 1. The molecule has 11 heteroatoms. The maximum atomic E-state index is 14.7. The lowest BCUT2D eigenvalue weighted by Gasteiger charge is -2.18. The van der Waals surface area contributed by atoms with Crippen molar-refractivity contribution in [3.63, 3.8) is 0 Å². The smallest absolute Gasteiger partial charge is 0.326 e. The standard InChI is InChI=1S/C12H11FN4O5S/c1-16-10(20)4-7(14-16)6-2-3-8(18)12(11(6)13)17-5-9(19)15-23(17,21)22/h2-4,18,20H,5H2,1H3,(H,15,19). The van der Waals surface area contributed by atoms with Crippen molar-refractivity contribution in [2.45, 2.75) is 0 Å². The highest BCUT2D eigenvalue weighted by atomic mass is 32.2. The minimum Gasteiger partial charge on any atom is -0.506 e. The van der Waals surface area contributed by atoms with Crippen molar-refractivity contribution < 1.29 is 27.8 Å². The van der Waals surface area contributed by atoms with Gasteiger partial charge in [-0.05, 0) is 12.1 Å². The summed E-state index contributed by atoms with van der Waals surface area (Å²) in [5.74, 6) is -2.79. The number of carbonyl (C=O) groups is 1. The van der Waals surface area contributed by atoms with Crippen molar-refractivity contribution in [1.82, 2.24) is 14.5 Å². The van der Waals surface area contributed by atoms with Crippen molar-refractivity contribution in [2.75, 3.05) is 10.8 Å². The van der Waals surface area contributed by atoms with Crippen LogP contribution in [0.2, 0.25) is 0 Å². The van der Waals surface area contributed by atoms with Crippen LogP contribution in [-0.2, 0) is 22.1 Å². The van der Waals surface area contributed by atoms with Gasteiger partial charge in [-0.1, -0.05) is 0 Å². The molecule has 1 fully saturated rings. The van der Waals surface area contributed by atoms with Gasteiger partial charge in [-0.3, -0.25) is 4.79 Å². The maximum absolute atomic E-state index is 14.7. The van der Waals surface area contributed by atoms with Gasteiger partial charge in [0.2, 0.25) is 5.88 Å². The van der Waals surface area contributed by atoms with E-state index in [1.54, 1.807) is 4.72 Å². The summed E-state index contributed by atoms with van der Waals surface area (Å²) in [4.78, 5) is 11.3. The Bertz CT molecular complexity index is 904. The van der Waals surface area contributed by atoms with Crippen molar-refractivity contribution in [3.05, 3.63) is 24.0 Å². The van der Waals surface area contributed by atoms with Crippen LogP contribution in [0.4, 0.5) is 10.1 Å². The second-order valence-electron chi connectivity index (χ2n) is 4.84. The molecule has 9 nitrogen and oxygen atoms in total. The van der Waals surface area contributed by atoms with Crippen LogP contribution in [-0.4, -0.2) is 40.9 Å². The molecule has 1 amide bonds. The molecule has 0 saturated carbocycles. The third-order valence-electron chi connectivity index (χ3n) is 3.30. The quantitative estimate of drug-likeness (QED) is 0.695. The van der Waals surface area contributed by atoms with Gasteiger partial charge in [0.15, 0.2) is 5.82 Å². The van der Waals surface area contributed by atoms with Gasteiger partial charge in [0, 0.05) is 18.7 Å². The number of aryl methyl sites for hydroxylation is 1. The molecule has 3 N–H and O–H groups in total. The molecule has 1 aromatic carbocycles. The average Bonchev–Trinajstić information content (AvgIpc) is 2.89. The highest BCUT2D eigenvalue weighted by Gasteiger charge is 2.38. The summed E-state index contributed by atoms with van der Waals surface area (Å²) in [6.45, 7) is -0.649. The van der Waals surface area contributed by atoms with Gasteiger partial charge >= 0.3 is 10.2 Å². The largest absolute Gasteiger partial charge is 0.506 e. The molecule has 0 aliphatic carbocycles. The normalized spacial score (nSPS) is 16.6. The van der Waals surface area contributed by atoms with E-state index in [2.05, 4.69) is 5.10 Å². The Morgan fingerprint density at radius 2 is 2.04 bits per heavy atom. The second kappa shape index (κ2) is 4.84. The Kier molecular flexibility index (Phi) is 3.18. The number of phenolic OH excluding ortho intramolecular Hbond substituents is 1. The number of anilines is 1. The zero-order chi connectivity index (χ0) is 16.9. The van der Waals surface area contributed by atoms with E-state index in [9.17, 15) is 27.8 Å². The van der Waals surface area contributed by atoms with Gasteiger partial charge in [-0.2, -0.15) is 13.5 Å². The summed E-state index contributed by atoms with van der Waals surface area (Å²) in [6, 6.07) is 3.45. The van der Waals surface area contributed by atoms with Crippen molar-refractivity contribution in [1.29, 1.82) is 0 Å². The molecule has 0 radical (unpaired) electrons. The molecule has 2 heterocycles. The molecule has 1 aliphatic heterocycles. The van der Waals surface area contributed by atoms with Crippen molar-refractivity contribution in [2.24, 2.45) is 7.05 Å². The third kappa shape index (κ3) is 2.34. The fraction of sp³-hybridized carbons (Fsp3) is 0.167. The maximum Gasteiger partial charge on any atom is 0.326 e. The Hall–Kier alpha value is -2.82. The van der Waals surface area contributed by atoms with Crippen LogP contribution in [0.25, 0.3) is 11.3 Å². The van der Waals surface area contributed by atoms with E-state index in [0.29, 0.717) is 4.31 Å². The average molecular weight is 342 g/mol. The number of carbonyl (C=O) groups excluding carboxylic acids is 1. The van der Waals surface area contributed by atoms with E-state index < -0.39 is 39.9 Å². The molecule has 1 saturated heterocycles.